The van der Waals surface area contributed by atoms with Gasteiger partial charge in [0, 0.05) is 4.90 Å². The van der Waals surface area contributed by atoms with Crippen LogP contribution in [0.4, 0.5) is 5.69 Å². The molecule has 126 valence electrons. The predicted molar refractivity (Wildman–Crippen MR) is 103 cm³/mol. The molecule has 0 unspecified atom stereocenters. The van der Waals surface area contributed by atoms with E-state index >= 15 is 0 Å². The maximum atomic E-state index is 12.5. The van der Waals surface area contributed by atoms with Crippen molar-refractivity contribution in [1.29, 1.82) is 0 Å². The minimum absolute atomic E-state index is 0.0574. The molecule has 4 heteroatoms. The summed E-state index contributed by atoms with van der Waals surface area (Å²) in [6, 6.07) is 26.9. The molecule has 3 aromatic carbocycles. The number of thioether (sulfide) groups is 1. The lowest BCUT2D eigenvalue weighted by Crippen LogP contribution is -2.22. The molecule has 1 amide bonds. The van der Waals surface area contributed by atoms with Crippen LogP contribution >= 0.6 is 11.8 Å². The normalized spacial score (nSPS) is 11.6. The van der Waals surface area contributed by atoms with Crippen LogP contribution in [0.1, 0.15) is 6.92 Å². The van der Waals surface area contributed by atoms with Gasteiger partial charge in [-0.3, -0.25) is 4.79 Å². The lowest BCUT2D eigenvalue weighted by Gasteiger charge is -2.15. The molecule has 0 heterocycles. The Hall–Kier alpha value is -2.72. The van der Waals surface area contributed by atoms with Crippen molar-refractivity contribution < 1.29 is 9.53 Å². The van der Waals surface area contributed by atoms with Gasteiger partial charge in [-0.2, -0.15) is 0 Å². The van der Waals surface area contributed by atoms with E-state index in [0.29, 0.717) is 11.4 Å². The Labute approximate surface area is 152 Å². The van der Waals surface area contributed by atoms with Crippen molar-refractivity contribution in [1.82, 2.24) is 0 Å². The molecule has 1 N–H and O–H groups in total. The van der Waals surface area contributed by atoms with Crippen LogP contribution in [0, 0.1) is 0 Å². The molecule has 0 aliphatic carbocycles. The minimum atomic E-state index is -0.216. The van der Waals surface area contributed by atoms with Gasteiger partial charge in [0.15, 0.2) is 5.75 Å². The average Bonchev–Trinajstić information content (AvgIpc) is 2.65. The molecule has 3 rings (SSSR count). The first-order chi connectivity index (χ1) is 12.2. The number of hydrogen-bond acceptors (Lipinski definition) is 3. The van der Waals surface area contributed by atoms with E-state index in [9.17, 15) is 4.79 Å². The molecule has 0 spiro atoms. The maximum absolute atomic E-state index is 12.5. The molecule has 0 bridgehead atoms. The van der Waals surface area contributed by atoms with Gasteiger partial charge < -0.3 is 10.1 Å². The number of ether oxygens (including phenoxy) is 1. The van der Waals surface area contributed by atoms with Gasteiger partial charge in [-0.15, -0.1) is 11.8 Å². The third-order valence-electron chi connectivity index (χ3n) is 3.54. The monoisotopic (exact) mass is 349 g/mol. The second-order valence-corrected chi connectivity index (χ2v) is 6.89. The zero-order valence-corrected chi connectivity index (χ0v) is 14.7. The standard InChI is InChI=1S/C21H19NO2S/c1-16(25-18-12-6-3-7-13-18)21(23)22-19-14-8-9-15-20(19)24-17-10-4-2-5-11-17/h2-16H,1H3,(H,22,23)/t16-/m1/s1. The second-order valence-electron chi connectivity index (χ2n) is 5.47. The van der Waals surface area contributed by atoms with Crippen LogP contribution in [0.15, 0.2) is 89.8 Å². The molecular weight excluding hydrogens is 330 g/mol. The molecular formula is C21H19NO2S. The highest BCUT2D eigenvalue weighted by molar-refractivity contribution is 8.00. The number of hydrogen-bond donors (Lipinski definition) is 1. The number of amides is 1. The number of nitrogens with one attached hydrogen (secondary N) is 1. The largest absolute Gasteiger partial charge is 0.455 e. The highest BCUT2D eigenvalue weighted by Crippen LogP contribution is 2.30. The number of carbonyl (C=O) groups is 1. The van der Waals surface area contributed by atoms with E-state index < -0.39 is 0 Å². The molecule has 3 nitrogen and oxygen atoms in total. The van der Waals surface area contributed by atoms with Gasteiger partial charge in [-0.1, -0.05) is 48.5 Å². The summed E-state index contributed by atoms with van der Waals surface area (Å²) in [7, 11) is 0. The van der Waals surface area contributed by atoms with Gasteiger partial charge in [-0.05, 0) is 43.3 Å². The second kappa shape index (κ2) is 8.40. The van der Waals surface area contributed by atoms with E-state index in [0.717, 1.165) is 10.6 Å². The Morgan fingerprint density at radius 1 is 0.880 bits per heavy atom. The van der Waals surface area contributed by atoms with E-state index in [4.69, 9.17) is 4.74 Å². The molecule has 0 fully saturated rings. The van der Waals surface area contributed by atoms with Crippen molar-refractivity contribution in [2.24, 2.45) is 0 Å². The van der Waals surface area contributed by atoms with Gasteiger partial charge >= 0.3 is 0 Å². The summed E-state index contributed by atoms with van der Waals surface area (Å²) in [5.41, 5.74) is 0.664. The molecule has 3 aromatic rings. The number of benzene rings is 3. The van der Waals surface area contributed by atoms with Crippen LogP contribution in [-0.2, 0) is 4.79 Å². The van der Waals surface area contributed by atoms with Gasteiger partial charge in [0.05, 0.1) is 10.9 Å². The summed E-state index contributed by atoms with van der Waals surface area (Å²) >= 11 is 1.53. The third-order valence-corrected chi connectivity index (χ3v) is 4.65. The maximum Gasteiger partial charge on any atom is 0.237 e. The van der Waals surface area contributed by atoms with Crippen molar-refractivity contribution in [2.75, 3.05) is 5.32 Å². The van der Waals surface area contributed by atoms with Gasteiger partial charge in [0.25, 0.3) is 0 Å². The smallest absolute Gasteiger partial charge is 0.237 e. The summed E-state index contributed by atoms with van der Waals surface area (Å²) in [4.78, 5) is 13.6. The Kier molecular flexibility index (Phi) is 5.75. The molecule has 0 radical (unpaired) electrons. The van der Waals surface area contributed by atoms with Crippen molar-refractivity contribution in [3.63, 3.8) is 0 Å². The van der Waals surface area contributed by atoms with E-state index in [2.05, 4.69) is 5.32 Å². The predicted octanol–water partition coefficient (Wildman–Crippen LogP) is 5.60. The number of rotatable bonds is 6. The van der Waals surface area contributed by atoms with Crippen LogP contribution < -0.4 is 10.1 Å². The van der Waals surface area contributed by atoms with Crippen molar-refractivity contribution in [3.8, 4) is 11.5 Å². The SMILES string of the molecule is C[C@@H](Sc1ccccc1)C(=O)Nc1ccccc1Oc1ccccc1. The number of carbonyl (C=O) groups excluding carboxylic acids is 1. The van der Waals surface area contributed by atoms with Gasteiger partial charge in [0.1, 0.15) is 5.75 Å². The van der Waals surface area contributed by atoms with E-state index in [1.54, 1.807) is 0 Å². The fourth-order valence-electron chi connectivity index (χ4n) is 2.27. The fraction of sp³-hybridized carbons (Fsp3) is 0.0952. The van der Waals surface area contributed by atoms with E-state index in [-0.39, 0.29) is 11.2 Å². The topological polar surface area (TPSA) is 38.3 Å². The summed E-state index contributed by atoms with van der Waals surface area (Å²) in [6.45, 7) is 1.90. The fourth-order valence-corrected chi connectivity index (χ4v) is 3.15. The lowest BCUT2D eigenvalue weighted by atomic mass is 10.2. The molecule has 0 saturated carbocycles. The third kappa shape index (κ3) is 4.88. The van der Waals surface area contributed by atoms with Crippen molar-refractivity contribution in [3.05, 3.63) is 84.9 Å². The first-order valence-electron chi connectivity index (χ1n) is 8.07. The highest BCUT2D eigenvalue weighted by atomic mass is 32.2. The van der Waals surface area contributed by atoms with Gasteiger partial charge in [0.2, 0.25) is 5.91 Å². The Morgan fingerprint density at radius 3 is 2.20 bits per heavy atom. The molecule has 0 saturated heterocycles. The molecule has 25 heavy (non-hydrogen) atoms. The molecule has 1 atom stereocenters. The lowest BCUT2D eigenvalue weighted by molar-refractivity contribution is -0.115. The van der Waals surface area contributed by atoms with Crippen LogP contribution in [0.2, 0.25) is 0 Å². The zero-order valence-electron chi connectivity index (χ0n) is 13.9. The van der Waals surface area contributed by atoms with Crippen molar-refractivity contribution >= 4 is 23.4 Å². The molecule has 0 aromatic heterocycles. The van der Waals surface area contributed by atoms with Gasteiger partial charge in [-0.25, -0.2) is 0 Å². The van der Waals surface area contributed by atoms with Crippen molar-refractivity contribution in [2.45, 2.75) is 17.1 Å². The summed E-state index contributed by atoms with van der Waals surface area (Å²) in [5.74, 6) is 1.30. The summed E-state index contributed by atoms with van der Waals surface area (Å²) in [6.07, 6.45) is 0. The first-order valence-corrected chi connectivity index (χ1v) is 8.95. The number of anilines is 1. The molecule has 0 aliphatic rings. The Bertz CT molecular complexity index is 822. The quantitative estimate of drug-likeness (QED) is 0.589. The summed E-state index contributed by atoms with van der Waals surface area (Å²) in [5, 5.41) is 2.75. The van der Waals surface area contributed by atoms with Crippen LogP contribution in [0.25, 0.3) is 0 Å². The van der Waals surface area contributed by atoms with Crippen LogP contribution in [0.5, 0.6) is 11.5 Å². The molecule has 0 aliphatic heterocycles. The van der Waals surface area contributed by atoms with Crippen LogP contribution in [0.3, 0.4) is 0 Å². The zero-order chi connectivity index (χ0) is 17.5. The average molecular weight is 349 g/mol. The highest BCUT2D eigenvalue weighted by Gasteiger charge is 2.16. The Balaban J connectivity index is 1.69. The number of para-hydroxylation sites is 3. The van der Waals surface area contributed by atoms with Crippen LogP contribution in [-0.4, -0.2) is 11.2 Å². The first kappa shape index (κ1) is 17.1. The minimum Gasteiger partial charge on any atom is -0.455 e. The van der Waals surface area contributed by atoms with E-state index in [1.807, 2.05) is 91.9 Å². The van der Waals surface area contributed by atoms with E-state index in [1.165, 1.54) is 11.8 Å². The Morgan fingerprint density at radius 2 is 1.48 bits per heavy atom. The summed E-state index contributed by atoms with van der Waals surface area (Å²) < 4.78 is 5.89.